The average Bonchev–Trinajstić information content (AvgIpc) is 2.87. The molecule has 0 saturated heterocycles. The normalized spacial score (nSPS) is 10.4. The molecule has 0 amide bonds. The number of ether oxygens (including phenoxy) is 1. The van der Waals surface area contributed by atoms with Gasteiger partial charge in [-0.25, -0.2) is 0 Å². The number of thiocarbonyl (C=S) groups is 1. The van der Waals surface area contributed by atoms with Gasteiger partial charge in [0, 0.05) is 10.6 Å². The molecule has 0 unspecified atom stereocenters. The Bertz CT molecular complexity index is 602. The van der Waals surface area contributed by atoms with Crippen molar-refractivity contribution in [3.8, 4) is 0 Å². The molecule has 1 aromatic carbocycles. The van der Waals surface area contributed by atoms with Crippen LogP contribution in [0.3, 0.4) is 0 Å². The number of methoxy groups -OCH3 is 1. The maximum Gasteiger partial charge on any atom is 0.201 e. The zero-order valence-electron chi connectivity index (χ0n) is 12.7. The van der Waals surface area contributed by atoms with E-state index in [2.05, 4.69) is 49.5 Å². The molecular weight excluding hydrogens is 298 g/mol. The van der Waals surface area contributed by atoms with Gasteiger partial charge in [-0.1, -0.05) is 25.5 Å². The van der Waals surface area contributed by atoms with E-state index < -0.39 is 0 Å². The number of thiophene rings is 1. The van der Waals surface area contributed by atoms with Crippen molar-refractivity contribution < 1.29 is 4.74 Å². The second kappa shape index (κ2) is 7.57. The van der Waals surface area contributed by atoms with Gasteiger partial charge < -0.3 is 10.1 Å². The average molecular weight is 319 g/mol. The molecule has 0 fully saturated rings. The van der Waals surface area contributed by atoms with Crippen molar-refractivity contribution in [1.82, 2.24) is 0 Å². The van der Waals surface area contributed by atoms with Crippen LogP contribution >= 0.6 is 23.6 Å². The van der Waals surface area contributed by atoms with Crippen molar-refractivity contribution in [1.29, 1.82) is 0 Å². The van der Waals surface area contributed by atoms with Gasteiger partial charge in [0.25, 0.3) is 0 Å². The molecule has 2 aromatic rings. The summed E-state index contributed by atoms with van der Waals surface area (Å²) >= 11 is 6.83. The summed E-state index contributed by atoms with van der Waals surface area (Å²) in [4.78, 5) is 2.20. The van der Waals surface area contributed by atoms with Gasteiger partial charge in [-0.3, -0.25) is 0 Å². The van der Waals surface area contributed by atoms with Crippen LogP contribution < -0.4 is 5.32 Å². The molecule has 0 aliphatic rings. The third kappa shape index (κ3) is 4.29. The van der Waals surface area contributed by atoms with E-state index >= 15 is 0 Å². The molecule has 2 nitrogen and oxygen atoms in total. The van der Waals surface area contributed by atoms with Crippen LogP contribution in [0.25, 0.3) is 0 Å². The van der Waals surface area contributed by atoms with Crippen LogP contribution in [0, 0.1) is 6.92 Å². The Kier molecular flexibility index (Phi) is 5.76. The minimum atomic E-state index is 0.547. The van der Waals surface area contributed by atoms with Crippen LogP contribution in [0.5, 0.6) is 0 Å². The van der Waals surface area contributed by atoms with Crippen molar-refractivity contribution in [2.75, 3.05) is 12.4 Å². The summed E-state index contributed by atoms with van der Waals surface area (Å²) < 4.78 is 5.12. The lowest BCUT2D eigenvalue weighted by Gasteiger charge is -2.07. The van der Waals surface area contributed by atoms with Crippen molar-refractivity contribution in [3.05, 3.63) is 45.6 Å². The molecular formula is C17H21NOS2. The number of anilines is 2. The smallest absolute Gasteiger partial charge is 0.201 e. The molecule has 1 N–H and O–H groups in total. The Labute approximate surface area is 136 Å². The second-order valence-electron chi connectivity index (χ2n) is 5.00. The molecule has 4 heteroatoms. The van der Waals surface area contributed by atoms with Crippen molar-refractivity contribution in [2.45, 2.75) is 33.1 Å². The fourth-order valence-electron chi connectivity index (χ4n) is 2.10. The van der Waals surface area contributed by atoms with Crippen LogP contribution in [0.4, 0.5) is 11.4 Å². The van der Waals surface area contributed by atoms with E-state index in [9.17, 15) is 0 Å². The first kappa shape index (κ1) is 16.0. The van der Waals surface area contributed by atoms with E-state index in [0.717, 1.165) is 22.7 Å². The molecule has 1 aromatic heterocycles. The molecule has 0 aliphatic carbocycles. The summed E-state index contributed by atoms with van der Waals surface area (Å²) in [6.07, 6.45) is 3.63. The van der Waals surface area contributed by atoms with E-state index in [-0.39, 0.29) is 0 Å². The topological polar surface area (TPSA) is 21.3 Å². The lowest BCUT2D eigenvalue weighted by Crippen LogP contribution is -1.95. The van der Waals surface area contributed by atoms with Crippen LogP contribution in [0.2, 0.25) is 0 Å². The maximum absolute atomic E-state index is 5.18. The first-order chi connectivity index (χ1) is 10.1. The summed E-state index contributed by atoms with van der Waals surface area (Å²) in [5.74, 6) is 0. The molecule has 0 aliphatic heterocycles. The quantitative estimate of drug-likeness (QED) is 0.714. The number of hydrogen-bond acceptors (Lipinski definition) is 4. The fraction of sp³-hybridized carbons (Fsp3) is 0.353. The number of benzene rings is 1. The minimum Gasteiger partial charge on any atom is -0.486 e. The Morgan fingerprint density at radius 3 is 2.62 bits per heavy atom. The Morgan fingerprint density at radius 1 is 1.29 bits per heavy atom. The zero-order chi connectivity index (χ0) is 15.2. The standard InChI is InChI=1S/C17H21NOS2/c1-4-5-6-13-7-9-14(10-8-13)18-15-11-16(17(20)19-3)21-12(15)2/h7-11,18H,4-6H2,1-3H3. The van der Waals surface area contributed by atoms with Crippen molar-refractivity contribution in [2.24, 2.45) is 0 Å². The van der Waals surface area contributed by atoms with Crippen LogP contribution in [-0.4, -0.2) is 12.2 Å². The first-order valence-corrected chi connectivity index (χ1v) is 8.41. The largest absolute Gasteiger partial charge is 0.486 e. The van der Waals surface area contributed by atoms with Crippen molar-refractivity contribution >= 4 is 40.0 Å². The molecule has 1 heterocycles. The van der Waals surface area contributed by atoms with Gasteiger partial charge in [0.1, 0.15) is 0 Å². The van der Waals surface area contributed by atoms with E-state index in [1.165, 1.54) is 23.3 Å². The monoisotopic (exact) mass is 319 g/mol. The van der Waals surface area contributed by atoms with Crippen LogP contribution in [-0.2, 0) is 11.2 Å². The number of rotatable bonds is 6. The molecule has 0 spiro atoms. The van der Waals surface area contributed by atoms with Gasteiger partial charge in [0.2, 0.25) is 5.05 Å². The zero-order valence-corrected chi connectivity index (χ0v) is 14.4. The summed E-state index contributed by atoms with van der Waals surface area (Å²) in [5.41, 5.74) is 3.59. The van der Waals surface area contributed by atoms with E-state index in [1.54, 1.807) is 18.4 Å². The highest BCUT2D eigenvalue weighted by Crippen LogP contribution is 2.29. The molecule has 0 atom stereocenters. The molecule has 0 radical (unpaired) electrons. The predicted octanol–water partition coefficient (Wildman–Crippen LogP) is 5.46. The van der Waals surface area contributed by atoms with Crippen LogP contribution in [0.1, 0.15) is 35.1 Å². The summed E-state index contributed by atoms with van der Waals surface area (Å²) in [5, 5.41) is 4.00. The number of aryl methyl sites for hydroxylation is 2. The first-order valence-electron chi connectivity index (χ1n) is 7.18. The second-order valence-corrected chi connectivity index (χ2v) is 6.62. The van der Waals surface area contributed by atoms with Gasteiger partial charge in [0.15, 0.2) is 0 Å². The van der Waals surface area contributed by atoms with Crippen molar-refractivity contribution in [3.63, 3.8) is 0 Å². The molecule has 0 bridgehead atoms. The highest BCUT2D eigenvalue weighted by atomic mass is 32.1. The predicted molar refractivity (Wildman–Crippen MR) is 96.1 cm³/mol. The SMILES string of the molecule is CCCCc1ccc(Nc2cc(C(=S)OC)sc2C)cc1. The van der Waals surface area contributed by atoms with Gasteiger partial charge in [-0.05, 0) is 55.7 Å². The lowest BCUT2D eigenvalue weighted by molar-refractivity contribution is 0.417. The van der Waals surface area contributed by atoms with Gasteiger partial charge in [-0.15, -0.1) is 11.3 Å². The minimum absolute atomic E-state index is 0.547. The molecule has 21 heavy (non-hydrogen) atoms. The Hall–Kier alpha value is -1.39. The van der Waals surface area contributed by atoms with E-state index in [1.807, 2.05) is 0 Å². The third-order valence-corrected chi connectivity index (χ3v) is 4.92. The number of hydrogen-bond donors (Lipinski definition) is 1. The molecule has 2 rings (SSSR count). The lowest BCUT2D eigenvalue weighted by atomic mass is 10.1. The fourth-order valence-corrected chi connectivity index (χ4v) is 3.18. The Balaban J connectivity index is 2.07. The van der Waals surface area contributed by atoms with Gasteiger partial charge in [-0.2, -0.15) is 0 Å². The van der Waals surface area contributed by atoms with Crippen LogP contribution in [0.15, 0.2) is 30.3 Å². The summed E-state index contributed by atoms with van der Waals surface area (Å²) in [7, 11) is 1.61. The van der Waals surface area contributed by atoms with E-state index in [4.69, 9.17) is 17.0 Å². The summed E-state index contributed by atoms with van der Waals surface area (Å²) in [6, 6.07) is 10.7. The maximum atomic E-state index is 5.18. The highest BCUT2D eigenvalue weighted by Gasteiger charge is 2.09. The highest BCUT2D eigenvalue weighted by molar-refractivity contribution is 7.80. The van der Waals surface area contributed by atoms with E-state index in [0.29, 0.717) is 5.05 Å². The molecule has 112 valence electrons. The summed E-state index contributed by atoms with van der Waals surface area (Å²) in [6.45, 7) is 4.31. The van der Waals surface area contributed by atoms with Gasteiger partial charge in [0.05, 0.1) is 17.7 Å². The number of unbranched alkanes of at least 4 members (excludes halogenated alkanes) is 1. The Morgan fingerprint density at radius 2 is 2.00 bits per heavy atom. The molecule has 0 saturated carbocycles. The number of nitrogens with one attached hydrogen (secondary N) is 1. The third-order valence-electron chi connectivity index (χ3n) is 3.36. The van der Waals surface area contributed by atoms with Gasteiger partial charge >= 0.3 is 0 Å².